The minimum absolute atomic E-state index is 0.0588. The SMILES string of the molecule is NNc1ncccc1S(=O)(=O)NC1Cc2ccccc2C1. The highest BCUT2D eigenvalue weighted by molar-refractivity contribution is 7.89. The zero-order chi connectivity index (χ0) is 14.9. The van der Waals surface area contributed by atoms with Gasteiger partial charge in [0, 0.05) is 12.2 Å². The molecule has 0 atom stereocenters. The highest BCUT2D eigenvalue weighted by Crippen LogP contribution is 2.24. The van der Waals surface area contributed by atoms with Crippen LogP contribution in [-0.2, 0) is 22.9 Å². The van der Waals surface area contributed by atoms with Gasteiger partial charge in [-0.15, -0.1) is 0 Å². The van der Waals surface area contributed by atoms with Gasteiger partial charge in [0.25, 0.3) is 0 Å². The Hall–Kier alpha value is -1.96. The number of rotatable bonds is 4. The number of nitrogens with two attached hydrogens (primary N) is 1. The molecule has 7 heteroatoms. The molecule has 0 radical (unpaired) electrons. The van der Waals surface area contributed by atoms with E-state index in [2.05, 4.69) is 15.1 Å². The number of benzene rings is 1. The monoisotopic (exact) mass is 304 g/mol. The van der Waals surface area contributed by atoms with Crippen LogP contribution >= 0.6 is 0 Å². The normalized spacial score (nSPS) is 14.9. The van der Waals surface area contributed by atoms with Crippen LogP contribution < -0.4 is 16.0 Å². The van der Waals surface area contributed by atoms with Crippen LogP contribution in [0.25, 0.3) is 0 Å². The molecule has 0 bridgehead atoms. The Morgan fingerprint density at radius 2 is 1.76 bits per heavy atom. The predicted octanol–water partition coefficient (Wildman–Crippen LogP) is 0.813. The average molecular weight is 304 g/mol. The molecule has 0 spiro atoms. The van der Waals surface area contributed by atoms with Crippen molar-refractivity contribution >= 4 is 15.8 Å². The first kappa shape index (κ1) is 14.0. The van der Waals surface area contributed by atoms with Crippen LogP contribution in [0.1, 0.15) is 11.1 Å². The van der Waals surface area contributed by atoms with Crippen molar-refractivity contribution in [2.75, 3.05) is 5.43 Å². The Bertz CT molecular complexity index is 736. The van der Waals surface area contributed by atoms with E-state index < -0.39 is 10.0 Å². The molecule has 4 N–H and O–H groups in total. The van der Waals surface area contributed by atoms with Gasteiger partial charge in [-0.1, -0.05) is 24.3 Å². The zero-order valence-corrected chi connectivity index (χ0v) is 12.1. The highest BCUT2D eigenvalue weighted by Gasteiger charge is 2.27. The third-order valence-corrected chi connectivity index (χ3v) is 5.12. The van der Waals surface area contributed by atoms with Gasteiger partial charge in [0.05, 0.1) is 0 Å². The summed E-state index contributed by atoms with van der Waals surface area (Å²) in [6.45, 7) is 0. The van der Waals surface area contributed by atoms with Gasteiger partial charge in [-0.05, 0) is 36.1 Å². The van der Waals surface area contributed by atoms with Gasteiger partial charge in [0.15, 0.2) is 5.82 Å². The maximum Gasteiger partial charge on any atom is 0.244 e. The van der Waals surface area contributed by atoms with Crippen molar-refractivity contribution in [3.63, 3.8) is 0 Å². The third kappa shape index (κ3) is 2.76. The van der Waals surface area contributed by atoms with Gasteiger partial charge < -0.3 is 5.43 Å². The summed E-state index contributed by atoms with van der Waals surface area (Å²) in [5.41, 5.74) is 4.69. The van der Waals surface area contributed by atoms with Crippen LogP contribution in [0.4, 0.5) is 5.82 Å². The number of sulfonamides is 1. The molecule has 0 amide bonds. The zero-order valence-electron chi connectivity index (χ0n) is 11.3. The van der Waals surface area contributed by atoms with E-state index in [0.29, 0.717) is 12.8 Å². The van der Waals surface area contributed by atoms with E-state index in [1.54, 1.807) is 6.07 Å². The number of nitrogen functional groups attached to an aromatic ring is 1. The summed E-state index contributed by atoms with van der Waals surface area (Å²) in [6.07, 6.45) is 2.88. The molecule has 0 fully saturated rings. The van der Waals surface area contributed by atoms with Crippen molar-refractivity contribution in [3.05, 3.63) is 53.7 Å². The van der Waals surface area contributed by atoms with Gasteiger partial charge in [-0.3, -0.25) is 0 Å². The van der Waals surface area contributed by atoms with E-state index in [9.17, 15) is 8.42 Å². The summed E-state index contributed by atoms with van der Waals surface area (Å²) < 4.78 is 27.7. The van der Waals surface area contributed by atoms with Crippen LogP contribution in [0, 0.1) is 0 Å². The van der Waals surface area contributed by atoms with Crippen molar-refractivity contribution in [1.82, 2.24) is 9.71 Å². The van der Waals surface area contributed by atoms with Gasteiger partial charge in [0.1, 0.15) is 4.90 Å². The molecule has 6 nitrogen and oxygen atoms in total. The second-order valence-corrected chi connectivity index (χ2v) is 6.67. The number of nitrogens with one attached hydrogen (secondary N) is 2. The van der Waals surface area contributed by atoms with Crippen molar-refractivity contribution in [2.45, 2.75) is 23.8 Å². The van der Waals surface area contributed by atoms with Crippen LogP contribution in [-0.4, -0.2) is 19.4 Å². The maximum absolute atomic E-state index is 12.5. The molecule has 1 aliphatic carbocycles. The van der Waals surface area contributed by atoms with Crippen LogP contribution in [0.3, 0.4) is 0 Å². The fourth-order valence-electron chi connectivity index (χ4n) is 2.64. The second kappa shape index (κ2) is 5.44. The molecule has 0 saturated heterocycles. The summed E-state index contributed by atoms with van der Waals surface area (Å²) in [5, 5.41) is 0. The van der Waals surface area contributed by atoms with E-state index in [0.717, 1.165) is 0 Å². The minimum atomic E-state index is -3.66. The Morgan fingerprint density at radius 3 is 2.38 bits per heavy atom. The predicted molar refractivity (Wildman–Crippen MR) is 80.0 cm³/mol. The summed E-state index contributed by atoms with van der Waals surface area (Å²) in [6, 6.07) is 10.9. The van der Waals surface area contributed by atoms with Gasteiger partial charge in [-0.2, -0.15) is 0 Å². The number of fused-ring (bicyclic) bond motifs is 1. The first-order valence-corrected chi connectivity index (χ1v) is 8.09. The van der Waals surface area contributed by atoms with Crippen LogP contribution in [0.2, 0.25) is 0 Å². The third-order valence-electron chi connectivity index (χ3n) is 3.57. The Morgan fingerprint density at radius 1 is 1.10 bits per heavy atom. The first-order chi connectivity index (χ1) is 10.1. The van der Waals surface area contributed by atoms with Crippen LogP contribution in [0.5, 0.6) is 0 Å². The van der Waals surface area contributed by atoms with Gasteiger partial charge in [0.2, 0.25) is 10.0 Å². The fraction of sp³-hybridized carbons (Fsp3) is 0.214. The summed E-state index contributed by atoms with van der Waals surface area (Å²) in [4.78, 5) is 3.98. The number of aromatic nitrogens is 1. The standard InChI is InChI=1S/C14H16N4O2S/c15-17-14-13(6-3-7-16-14)21(19,20)18-12-8-10-4-1-2-5-11(10)9-12/h1-7,12,18H,8-9,15H2,(H,16,17). The molecule has 110 valence electrons. The quantitative estimate of drug-likeness (QED) is 0.574. The lowest BCUT2D eigenvalue weighted by Crippen LogP contribution is -2.36. The van der Waals surface area contributed by atoms with Crippen molar-refractivity contribution in [3.8, 4) is 0 Å². The number of hydrogen-bond donors (Lipinski definition) is 3. The van der Waals surface area contributed by atoms with E-state index in [-0.39, 0.29) is 16.8 Å². The molecule has 3 rings (SSSR count). The fourth-order valence-corrected chi connectivity index (χ4v) is 4.00. The molecular formula is C14H16N4O2S. The number of anilines is 1. The molecule has 1 aromatic heterocycles. The van der Waals surface area contributed by atoms with E-state index in [4.69, 9.17) is 5.84 Å². The molecule has 21 heavy (non-hydrogen) atoms. The number of hydrazine groups is 1. The second-order valence-electron chi connectivity index (χ2n) is 4.99. The Labute approximate surface area is 123 Å². The van der Waals surface area contributed by atoms with Gasteiger partial charge >= 0.3 is 0 Å². The first-order valence-electron chi connectivity index (χ1n) is 6.61. The molecular weight excluding hydrogens is 288 g/mol. The number of nitrogens with zero attached hydrogens (tertiary/aromatic N) is 1. The lowest BCUT2D eigenvalue weighted by Gasteiger charge is -2.14. The maximum atomic E-state index is 12.5. The smallest absolute Gasteiger partial charge is 0.244 e. The largest absolute Gasteiger partial charge is 0.307 e. The molecule has 0 unspecified atom stereocenters. The Balaban J connectivity index is 1.82. The lowest BCUT2D eigenvalue weighted by molar-refractivity contribution is 0.555. The molecule has 0 aliphatic heterocycles. The number of hydrogen-bond acceptors (Lipinski definition) is 5. The van der Waals surface area contributed by atoms with Crippen molar-refractivity contribution in [1.29, 1.82) is 0 Å². The Kier molecular flexibility index (Phi) is 3.62. The lowest BCUT2D eigenvalue weighted by atomic mass is 10.1. The molecule has 1 heterocycles. The van der Waals surface area contributed by atoms with Crippen molar-refractivity contribution in [2.24, 2.45) is 5.84 Å². The highest BCUT2D eigenvalue weighted by atomic mass is 32.2. The van der Waals surface area contributed by atoms with E-state index in [1.165, 1.54) is 23.4 Å². The molecule has 1 aliphatic rings. The number of pyridine rings is 1. The van der Waals surface area contributed by atoms with Crippen LogP contribution in [0.15, 0.2) is 47.5 Å². The minimum Gasteiger partial charge on any atom is -0.307 e. The molecule has 1 aromatic carbocycles. The topological polar surface area (TPSA) is 97.1 Å². The molecule has 0 saturated carbocycles. The summed E-state index contributed by atoms with van der Waals surface area (Å²) >= 11 is 0. The van der Waals surface area contributed by atoms with Gasteiger partial charge in [-0.25, -0.2) is 24.0 Å². The van der Waals surface area contributed by atoms with Crippen molar-refractivity contribution < 1.29 is 8.42 Å². The van der Waals surface area contributed by atoms with E-state index in [1.807, 2.05) is 24.3 Å². The average Bonchev–Trinajstić information content (AvgIpc) is 2.88. The van der Waals surface area contributed by atoms with E-state index >= 15 is 0 Å². The summed E-state index contributed by atoms with van der Waals surface area (Å²) in [5.74, 6) is 5.46. The summed E-state index contributed by atoms with van der Waals surface area (Å²) in [7, 11) is -3.66. The molecule has 2 aromatic rings.